The second-order valence-corrected chi connectivity index (χ2v) is 15.3. The van der Waals surface area contributed by atoms with Gasteiger partial charge in [0.25, 0.3) is 7.57 Å². The van der Waals surface area contributed by atoms with Crippen molar-refractivity contribution in [3.8, 4) is 6.07 Å². The summed E-state index contributed by atoms with van der Waals surface area (Å²) in [4.78, 5) is 18.9. The number of hydrogen-bond donors (Lipinski definition) is 2. The van der Waals surface area contributed by atoms with E-state index in [1.165, 1.54) is 7.11 Å². The van der Waals surface area contributed by atoms with Crippen LogP contribution in [0.5, 0.6) is 0 Å². The fourth-order valence-corrected chi connectivity index (χ4v) is 9.69. The minimum atomic E-state index is -4.83. The molecule has 0 spiro atoms. The van der Waals surface area contributed by atoms with E-state index < -0.39 is 56.2 Å². The van der Waals surface area contributed by atoms with E-state index in [1.807, 2.05) is 6.07 Å². The molecule has 2 fully saturated rings. The lowest BCUT2D eigenvalue weighted by Gasteiger charge is -2.32. The molecular weight excluding hydrogens is 586 g/mol. The smallest absolute Gasteiger partial charge is 0.376 e. The number of rotatable bonds is 17. The van der Waals surface area contributed by atoms with Crippen LogP contribution < -0.4 is 0 Å². The van der Waals surface area contributed by atoms with E-state index in [4.69, 9.17) is 32.8 Å². The second-order valence-electron chi connectivity index (χ2n) is 8.77. The maximum absolute atomic E-state index is 11.7. The molecule has 2 saturated heterocycles. The third-order valence-electron chi connectivity index (χ3n) is 5.79. The van der Waals surface area contributed by atoms with Crippen LogP contribution in [-0.4, -0.2) is 67.4 Å². The van der Waals surface area contributed by atoms with Crippen LogP contribution in [0.25, 0.3) is 0 Å². The minimum absolute atomic E-state index is 0.0794. The maximum atomic E-state index is 11.7. The summed E-state index contributed by atoms with van der Waals surface area (Å²) >= 11 is 0. The number of unbranched alkanes of at least 4 members (excludes halogenated alkanes) is 2. The van der Waals surface area contributed by atoms with E-state index >= 15 is 0 Å². The zero-order valence-corrected chi connectivity index (χ0v) is 25.7. The van der Waals surface area contributed by atoms with Crippen molar-refractivity contribution in [3.05, 3.63) is 0 Å². The molecule has 0 bridgehead atoms. The zero-order chi connectivity index (χ0) is 28.4. The number of phosphoric acid groups is 2. The van der Waals surface area contributed by atoms with Crippen LogP contribution in [0.3, 0.4) is 0 Å². The Hall–Kier alpha value is 0.240. The lowest BCUT2D eigenvalue weighted by molar-refractivity contribution is -0.0313. The van der Waals surface area contributed by atoms with E-state index in [-0.39, 0.29) is 19.6 Å². The summed E-state index contributed by atoms with van der Waals surface area (Å²) in [6.07, 6.45) is 6.78. The molecule has 0 aromatic heterocycles. The van der Waals surface area contributed by atoms with Gasteiger partial charge in [-0.25, -0.2) is 17.8 Å². The van der Waals surface area contributed by atoms with Crippen molar-refractivity contribution >= 4 is 38.1 Å². The number of nitriles is 1. The van der Waals surface area contributed by atoms with Crippen molar-refractivity contribution < 1.29 is 59.4 Å². The lowest BCUT2D eigenvalue weighted by atomic mass is 10.00. The van der Waals surface area contributed by atoms with E-state index in [9.17, 15) is 18.9 Å². The molecule has 0 amide bonds. The number of methoxy groups -OCH3 is 1. The molecule has 2 N–H and O–H groups in total. The normalized spacial score (nSPS) is 36.0. The summed E-state index contributed by atoms with van der Waals surface area (Å²) in [5.41, 5.74) is 0. The van der Waals surface area contributed by atoms with E-state index in [2.05, 4.69) is 33.1 Å². The Morgan fingerprint density at radius 1 is 1.16 bits per heavy atom. The van der Waals surface area contributed by atoms with Crippen LogP contribution >= 0.6 is 31.8 Å². The van der Waals surface area contributed by atoms with Crippen molar-refractivity contribution in [2.45, 2.75) is 83.7 Å². The molecule has 14 nitrogen and oxygen atoms in total. The molecule has 18 heteroatoms. The predicted molar refractivity (Wildman–Crippen MR) is 140 cm³/mol. The summed E-state index contributed by atoms with van der Waals surface area (Å²) in [7, 11) is -14.1. The first-order chi connectivity index (χ1) is 17.9. The number of ether oxygens (including phenoxy) is 2. The monoisotopic (exact) mass is 625 g/mol. The van der Waals surface area contributed by atoms with Gasteiger partial charge in [-0.15, -0.1) is 0 Å². The summed E-state index contributed by atoms with van der Waals surface area (Å²) in [5.74, 6) is 0.300. The topological polar surface area (TPSA) is 181 Å². The summed E-state index contributed by atoms with van der Waals surface area (Å²) in [5, 5.41) is 8.95. The largest absolute Gasteiger partial charge is 0.488 e. The minimum Gasteiger partial charge on any atom is -0.376 e. The molecule has 38 heavy (non-hydrogen) atoms. The van der Waals surface area contributed by atoms with Crippen LogP contribution in [0.15, 0.2) is 0 Å². The first kappa shape index (κ1) is 34.4. The van der Waals surface area contributed by atoms with Gasteiger partial charge in [0.05, 0.1) is 38.4 Å². The van der Waals surface area contributed by atoms with Gasteiger partial charge >= 0.3 is 24.2 Å². The fraction of sp³-hybridized carbons (Fsp3) is 0.900. The van der Waals surface area contributed by atoms with Crippen LogP contribution in [0.4, 0.5) is 0 Å². The molecule has 0 aromatic rings. The van der Waals surface area contributed by atoms with Crippen molar-refractivity contribution in [3.63, 3.8) is 0 Å². The van der Waals surface area contributed by atoms with Gasteiger partial charge in [0, 0.05) is 7.11 Å². The van der Waals surface area contributed by atoms with Crippen molar-refractivity contribution in [1.29, 1.82) is 5.26 Å². The van der Waals surface area contributed by atoms with Gasteiger partial charge in [-0.3, -0.25) is 0 Å². The highest BCUT2D eigenvalue weighted by Gasteiger charge is 2.50. The summed E-state index contributed by atoms with van der Waals surface area (Å²) in [6, 6.07) is 2.02. The Balaban J connectivity index is 2.06. The highest BCUT2D eigenvalue weighted by Crippen LogP contribution is 2.76. The molecule has 0 aliphatic carbocycles. The first-order valence-corrected chi connectivity index (χ1v) is 18.1. The summed E-state index contributed by atoms with van der Waals surface area (Å²) < 4.78 is 71.6. The SMILES string of the molecule is C=P(OCCC#N)(OCC(CC)CCCCC)OC1[C@H](C)O[C@H](COP2OP(=O)(O)OP(=O)(O)O2)[C@@H]1OC. The highest BCUT2D eigenvalue weighted by atomic mass is 31.3. The van der Waals surface area contributed by atoms with Gasteiger partial charge in [0.2, 0.25) is 0 Å². The molecule has 5 unspecified atom stereocenters. The average Bonchev–Trinajstić information content (AvgIpc) is 3.12. The Kier molecular flexibility index (Phi) is 14.5. The quantitative estimate of drug-likeness (QED) is 0.154. The Morgan fingerprint density at radius 2 is 1.84 bits per heavy atom. The summed E-state index contributed by atoms with van der Waals surface area (Å²) in [6.45, 7) is 6.17. The van der Waals surface area contributed by atoms with Gasteiger partial charge in [0.1, 0.15) is 18.3 Å². The molecule has 2 rings (SSSR count). The standard InChI is InChI=1S/C20H39NO13P4/c1-6-8-9-11-17(7-2)14-29-36(5,28-13-10-12-21)31-19-16(3)30-18(20(19)26-4)15-27-35-32-37(22,23)34-38(24,25)33-35/h16-20H,5-11,13-15H2,1-4H3,(H,22,23)(H,24,25)/t16-,17?,18+,19?,20-,36?/m0/s1. The van der Waals surface area contributed by atoms with E-state index in [0.29, 0.717) is 12.5 Å². The number of nitrogens with zero attached hydrogens (tertiary/aromatic N) is 1. The van der Waals surface area contributed by atoms with Crippen molar-refractivity contribution in [2.75, 3.05) is 26.9 Å². The zero-order valence-electron chi connectivity index (χ0n) is 22.1. The molecule has 0 saturated carbocycles. The van der Waals surface area contributed by atoms with Crippen LogP contribution in [0.2, 0.25) is 0 Å². The Labute approximate surface area is 225 Å². The first-order valence-electron chi connectivity index (χ1n) is 12.3. The molecular formula is C20H39NO13P4. The van der Waals surface area contributed by atoms with Gasteiger partial charge in [-0.2, -0.15) is 9.57 Å². The third-order valence-corrected chi connectivity index (χ3v) is 12.2. The molecule has 222 valence electrons. The second kappa shape index (κ2) is 16.0. The predicted octanol–water partition coefficient (Wildman–Crippen LogP) is 5.43. The Bertz CT molecular complexity index is 894. The maximum Gasteiger partial charge on any atom is 0.488 e. The molecule has 8 atom stereocenters. The van der Waals surface area contributed by atoms with Crippen LogP contribution in [0, 0.1) is 17.2 Å². The van der Waals surface area contributed by atoms with E-state index in [1.54, 1.807) is 6.92 Å². The van der Waals surface area contributed by atoms with Crippen LogP contribution in [0.1, 0.15) is 59.3 Å². The molecule has 0 radical (unpaired) electrons. The number of hydrogen-bond acceptors (Lipinski definition) is 12. The van der Waals surface area contributed by atoms with Gasteiger partial charge < -0.3 is 37.4 Å². The Morgan fingerprint density at radius 3 is 2.42 bits per heavy atom. The molecule has 2 aliphatic heterocycles. The third kappa shape index (κ3) is 11.3. The fourth-order valence-electron chi connectivity index (χ4n) is 3.82. The molecule has 2 aliphatic rings. The molecule has 0 aromatic carbocycles. The van der Waals surface area contributed by atoms with E-state index in [0.717, 1.165) is 32.1 Å². The lowest BCUT2D eigenvalue weighted by Crippen LogP contribution is -2.37. The average molecular weight is 625 g/mol. The van der Waals surface area contributed by atoms with Crippen molar-refractivity contribution in [2.24, 2.45) is 5.92 Å². The van der Waals surface area contributed by atoms with Gasteiger partial charge in [-0.1, -0.05) is 39.5 Å². The van der Waals surface area contributed by atoms with Crippen LogP contribution in [-0.2, 0) is 49.6 Å². The van der Waals surface area contributed by atoms with Gasteiger partial charge in [0.15, 0.2) is 0 Å². The van der Waals surface area contributed by atoms with Gasteiger partial charge in [-0.05, 0) is 25.6 Å². The highest BCUT2D eigenvalue weighted by molar-refractivity contribution is 7.72. The van der Waals surface area contributed by atoms with Crippen molar-refractivity contribution in [1.82, 2.24) is 0 Å². The molecule has 2 heterocycles.